The van der Waals surface area contributed by atoms with Crippen LogP contribution in [0.25, 0.3) is 0 Å². The average Bonchev–Trinajstić information content (AvgIpc) is 2.81. The van der Waals surface area contributed by atoms with Crippen molar-refractivity contribution in [1.29, 1.82) is 0 Å². The van der Waals surface area contributed by atoms with Crippen molar-refractivity contribution in [3.8, 4) is 0 Å². The molecule has 1 aromatic rings. The second-order valence-electron chi connectivity index (χ2n) is 5.26. The Balaban J connectivity index is 1.90. The summed E-state index contributed by atoms with van der Waals surface area (Å²) in [6.07, 6.45) is 1.34. The molecule has 20 heavy (non-hydrogen) atoms. The standard InChI is InChI=1S/C13H17BrN2O3S/c1-13(11(17)18)5-2-6-16(8-13)12(19)15-7-9-3-4-10(14)20-9/h3-4H,2,5-8H2,1H3,(H,15,19)(H,17,18). The Morgan fingerprint density at radius 1 is 1.55 bits per heavy atom. The Kier molecular flexibility index (Phi) is 4.70. The van der Waals surface area contributed by atoms with E-state index in [9.17, 15) is 14.7 Å². The van der Waals surface area contributed by atoms with Gasteiger partial charge in [-0.05, 0) is 47.8 Å². The van der Waals surface area contributed by atoms with Crippen LogP contribution in [0.4, 0.5) is 4.79 Å². The highest BCUT2D eigenvalue weighted by molar-refractivity contribution is 9.11. The molecule has 0 saturated carbocycles. The SMILES string of the molecule is CC1(C(=O)O)CCCN(C(=O)NCc2ccc(Br)s2)C1. The molecule has 0 spiro atoms. The zero-order valence-corrected chi connectivity index (χ0v) is 13.6. The topological polar surface area (TPSA) is 69.6 Å². The number of carboxylic acids is 1. The summed E-state index contributed by atoms with van der Waals surface area (Å²) in [7, 11) is 0. The Morgan fingerprint density at radius 3 is 2.90 bits per heavy atom. The molecule has 1 aliphatic rings. The summed E-state index contributed by atoms with van der Waals surface area (Å²) in [5, 5.41) is 12.1. The molecule has 7 heteroatoms. The van der Waals surface area contributed by atoms with Gasteiger partial charge in [-0.1, -0.05) is 0 Å². The van der Waals surface area contributed by atoms with Crippen molar-refractivity contribution < 1.29 is 14.7 Å². The van der Waals surface area contributed by atoms with Gasteiger partial charge in [-0.15, -0.1) is 11.3 Å². The predicted octanol–water partition coefficient (Wildman–Crippen LogP) is 2.91. The van der Waals surface area contributed by atoms with E-state index in [1.807, 2.05) is 12.1 Å². The Hall–Kier alpha value is -1.08. The molecule has 0 radical (unpaired) electrons. The molecular weight excluding hydrogens is 344 g/mol. The second kappa shape index (κ2) is 6.13. The molecular formula is C13H17BrN2O3S. The number of aliphatic carboxylic acids is 1. The quantitative estimate of drug-likeness (QED) is 0.870. The summed E-state index contributed by atoms with van der Waals surface area (Å²) in [6.45, 7) is 3.05. The Morgan fingerprint density at radius 2 is 2.30 bits per heavy atom. The molecule has 1 fully saturated rings. The second-order valence-corrected chi connectivity index (χ2v) is 7.80. The first-order chi connectivity index (χ1) is 9.40. The summed E-state index contributed by atoms with van der Waals surface area (Å²) < 4.78 is 1.03. The first kappa shape index (κ1) is 15.3. The number of halogens is 1. The highest BCUT2D eigenvalue weighted by atomic mass is 79.9. The fourth-order valence-corrected chi connectivity index (χ4v) is 3.73. The van der Waals surface area contributed by atoms with Crippen LogP contribution in [0.3, 0.4) is 0 Å². The monoisotopic (exact) mass is 360 g/mol. The molecule has 2 N–H and O–H groups in total. The molecule has 0 aliphatic carbocycles. The van der Waals surface area contributed by atoms with Crippen molar-refractivity contribution in [2.24, 2.45) is 5.41 Å². The Labute approximate surface area is 130 Å². The number of hydrogen-bond acceptors (Lipinski definition) is 3. The number of rotatable bonds is 3. The first-order valence-corrected chi connectivity index (χ1v) is 8.02. The number of nitrogens with zero attached hydrogens (tertiary/aromatic N) is 1. The minimum atomic E-state index is -0.836. The summed E-state index contributed by atoms with van der Waals surface area (Å²) in [5.74, 6) is -0.836. The van der Waals surface area contributed by atoms with Crippen LogP contribution >= 0.6 is 27.3 Å². The van der Waals surface area contributed by atoms with Gasteiger partial charge in [0.05, 0.1) is 15.7 Å². The minimum absolute atomic E-state index is 0.193. The normalized spacial score (nSPS) is 22.6. The number of likely N-dealkylation sites (tertiary alicyclic amines) is 1. The molecule has 0 aromatic carbocycles. The smallest absolute Gasteiger partial charge is 0.317 e. The van der Waals surface area contributed by atoms with Gasteiger partial charge in [-0.25, -0.2) is 4.79 Å². The largest absolute Gasteiger partial charge is 0.481 e. The van der Waals surface area contributed by atoms with Crippen LogP contribution in [0.1, 0.15) is 24.6 Å². The van der Waals surface area contributed by atoms with Crippen molar-refractivity contribution in [2.75, 3.05) is 13.1 Å². The highest BCUT2D eigenvalue weighted by Crippen LogP contribution is 2.29. The number of amides is 2. The predicted molar refractivity (Wildman–Crippen MR) is 80.8 cm³/mol. The molecule has 2 amide bonds. The van der Waals surface area contributed by atoms with Crippen molar-refractivity contribution >= 4 is 39.3 Å². The van der Waals surface area contributed by atoms with Gasteiger partial charge in [-0.3, -0.25) is 4.79 Å². The first-order valence-electron chi connectivity index (χ1n) is 6.41. The van der Waals surface area contributed by atoms with Crippen molar-refractivity contribution in [2.45, 2.75) is 26.3 Å². The molecule has 1 saturated heterocycles. The van der Waals surface area contributed by atoms with Crippen LogP contribution in [-0.4, -0.2) is 35.1 Å². The summed E-state index contributed by atoms with van der Waals surface area (Å²) in [4.78, 5) is 26.0. The van der Waals surface area contributed by atoms with Crippen LogP contribution < -0.4 is 5.32 Å². The van der Waals surface area contributed by atoms with E-state index in [4.69, 9.17) is 0 Å². The number of thiophene rings is 1. The summed E-state index contributed by atoms with van der Waals surface area (Å²) in [5.41, 5.74) is -0.832. The third-order valence-corrected chi connectivity index (χ3v) is 5.17. The molecule has 2 heterocycles. The molecule has 1 atom stereocenters. The van der Waals surface area contributed by atoms with E-state index >= 15 is 0 Å². The molecule has 0 bridgehead atoms. The lowest BCUT2D eigenvalue weighted by atomic mass is 9.82. The molecule has 1 unspecified atom stereocenters. The highest BCUT2D eigenvalue weighted by Gasteiger charge is 2.39. The van der Waals surface area contributed by atoms with Gasteiger partial charge >= 0.3 is 12.0 Å². The van der Waals surface area contributed by atoms with Gasteiger partial charge in [0, 0.05) is 18.0 Å². The summed E-state index contributed by atoms with van der Waals surface area (Å²) >= 11 is 4.95. The lowest BCUT2D eigenvalue weighted by Crippen LogP contribution is -2.51. The number of piperidine rings is 1. The molecule has 5 nitrogen and oxygen atoms in total. The third kappa shape index (κ3) is 3.52. The van der Waals surface area contributed by atoms with E-state index < -0.39 is 11.4 Å². The average molecular weight is 361 g/mol. The van der Waals surface area contributed by atoms with Crippen LogP contribution in [0.15, 0.2) is 15.9 Å². The van der Waals surface area contributed by atoms with Gasteiger partial charge in [0.1, 0.15) is 0 Å². The van der Waals surface area contributed by atoms with Crippen molar-refractivity contribution in [3.05, 3.63) is 20.8 Å². The van der Waals surface area contributed by atoms with E-state index in [0.29, 0.717) is 19.5 Å². The maximum Gasteiger partial charge on any atom is 0.317 e. The number of hydrogen-bond donors (Lipinski definition) is 2. The third-order valence-electron chi connectivity index (χ3n) is 3.54. The van der Waals surface area contributed by atoms with E-state index in [-0.39, 0.29) is 12.6 Å². The van der Waals surface area contributed by atoms with E-state index in [1.54, 1.807) is 23.2 Å². The lowest BCUT2D eigenvalue weighted by molar-refractivity contribution is -0.150. The minimum Gasteiger partial charge on any atom is -0.481 e. The van der Waals surface area contributed by atoms with Crippen LogP contribution in [0, 0.1) is 5.41 Å². The van der Waals surface area contributed by atoms with Gasteiger partial charge in [-0.2, -0.15) is 0 Å². The number of carbonyl (C=O) groups is 2. The van der Waals surface area contributed by atoms with E-state index in [1.165, 1.54) is 0 Å². The molecule has 110 valence electrons. The zero-order chi connectivity index (χ0) is 14.8. The van der Waals surface area contributed by atoms with Crippen molar-refractivity contribution in [3.63, 3.8) is 0 Å². The number of nitrogens with one attached hydrogen (secondary N) is 1. The zero-order valence-electron chi connectivity index (χ0n) is 11.2. The summed E-state index contributed by atoms with van der Waals surface area (Å²) in [6, 6.07) is 3.70. The number of urea groups is 1. The van der Waals surface area contributed by atoms with E-state index in [0.717, 1.165) is 15.1 Å². The fourth-order valence-electron chi connectivity index (χ4n) is 2.31. The van der Waals surface area contributed by atoms with Crippen molar-refractivity contribution in [1.82, 2.24) is 10.2 Å². The van der Waals surface area contributed by atoms with Crippen LogP contribution in [-0.2, 0) is 11.3 Å². The number of carboxylic acid groups (broad SMARTS) is 1. The molecule has 1 aromatic heterocycles. The van der Waals surface area contributed by atoms with Gasteiger partial charge in [0.2, 0.25) is 0 Å². The van der Waals surface area contributed by atoms with E-state index in [2.05, 4.69) is 21.2 Å². The number of carbonyl (C=O) groups excluding carboxylic acids is 1. The maximum atomic E-state index is 12.1. The van der Waals surface area contributed by atoms with Crippen LogP contribution in [0.2, 0.25) is 0 Å². The molecule has 2 rings (SSSR count). The fraction of sp³-hybridized carbons (Fsp3) is 0.538. The van der Waals surface area contributed by atoms with Crippen LogP contribution in [0.5, 0.6) is 0 Å². The Bertz CT molecular complexity index is 519. The van der Waals surface area contributed by atoms with Gasteiger partial charge < -0.3 is 15.3 Å². The maximum absolute atomic E-state index is 12.1. The van der Waals surface area contributed by atoms with Gasteiger partial charge in [0.25, 0.3) is 0 Å². The van der Waals surface area contributed by atoms with Gasteiger partial charge in [0.15, 0.2) is 0 Å². The molecule has 1 aliphatic heterocycles. The lowest BCUT2D eigenvalue weighted by Gasteiger charge is -2.37.